The Morgan fingerprint density at radius 2 is 1.96 bits per heavy atom. The quantitative estimate of drug-likeness (QED) is 0.521. The molecule has 0 aliphatic heterocycles. The summed E-state index contributed by atoms with van der Waals surface area (Å²) in [6, 6.07) is 12.4. The number of ether oxygens (including phenoxy) is 1. The van der Waals surface area contributed by atoms with Gasteiger partial charge in [0.1, 0.15) is 5.75 Å². The largest absolute Gasteiger partial charge is 0.507 e. The zero-order valence-corrected chi connectivity index (χ0v) is 14.3. The molecule has 4 heteroatoms. The number of para-hydroxylation sites is 1. The number of Topliss-reactive ketones (excluding diaryl/α,β-unsaturated/α-hetero) is 1. The minimum atomic E-state index is -0.339. The molecule has 1 unspecified atom stereocenters. The average molecular weight is 338 g/mol. The van der Waals surface area contributed by atoms with E-state index in [0.717, 1.165) is 31.2 Å². The number of carbonyl (C=O) groups excluding carboxylic acids is 2. The number of benzene rings is 2. The lowest BCUT2D eigenvalue weighted by Crippen LogP contribution is -2.12. The predicted molar refractivity (Wildman–Crippen MR) is 95.0 cm³/mol. The molecule has 0 bridgehead atoms. The summed E-state index contributed by atoms with van der Waals surface area (Å²) in [5.74, 6) is -0.125. The average Bonchev–Trinajstić information content (AvgIpc) is 2.82. The van der Waals surface area contributed by atoms with Crippen molar-refractivity contribution in [2.45, 2.75) is 32.1 Å². The summed E-state index contributed by atoms with van der Waals surface area (Å²) in [5.41, 5.74) is 3.30. The van der Waals surface area contributed by atoms with E-state index in [0.29, 0.717) is 17.5 Å². The number of ketones is 1. The molecule has 4 nitrogen and oxygen atoms in total. The Hall–Kier alpha value is -2.62. The Labute approximate surface area is 147 Å². The number of hydrogen-bond donors (Lipinski definition) is 1. The number of methoxy groups -OCH3 is 1. The molecule has 0 amide bonds. The SMILES string of the molecule is COC(=O)c1ccc2c(c1)CC(CC(=O)c1ccccc1O)CCC2. The first-order valence-electron chi connectivity index (χ1n) is 8.60. The maximum atomic E-state index is 12.5. The number of esters is 1. The van der Waals surface area contributed by atoms with Gasteiger partial charge >= 0.3 is 5.97 Å². The summed E-state index contributed by atoms with van der Waals surface area (Å²) >= 11 is 0. The second-order valence-electron chi connectivity index (χ2n) is 6.58. The third-order valence-corrected chi connectivity index (χ3v) is 4.87. The fourth-order valence-corrected chi connectivity index (χ4v) is 3.55. The highest BCUT2D eigenvalue weighted by Crippen LogP contribution is 2.29. The van der Waals surface area contributed by atoms with E-state index in [2.05, 4.69) is 0 Å². The highest BCUT2D eigenvalue weighted by atomic mass is 16.5. The Morgan fingerprint density at radius 1 is 1.16 bits per heavy atom. The number of aryl methyl sites for hydroxylation is 1. The fourth-order valence-electron chi connectivity index (χ4n) is 3.55. The van der Waals surface area contributed by atoms with Crippen molar-refractivity contribution in [1.29, 1.82) is 0 Å². The smallest absolute Gasteiger partial charge is 0.337 e. The Morgan fingerprint density at radius 3 is 2.72 bits per heavy atom. The normalized spacial score (nSPS) is 16.6. The van der Waals surface area contributed by atoms with Gasteiger partial charge in [0.2, 0.25) is 0 Å². The standard InChI is InChI=1S/C21H22O4/c1-25-21(24)16-10-9-15-6-4-5-14(11-17(15)13-16)12-20(23)18-7-2-3-8-19(18)22/h2-3,7-10,13-14,22H,4-6,11-12H2,1H3. The van der Waals surface area contributed by atoms with Crippen molar-refractivity contribution in [2.24, 2.45) is 5.92 Å². The summed E-state index contributed by atoms with van der Waals surface area (Å²) in [5, 5.41) is 9.88. The van der Waals surface area contributed by atoms with Crippen LogP contribution in [0.4, 0.5) is 0 Å². The van der Waals surface area contributed by atoms with Gasteiger partial charge in [-0.2, -0.15) is 0 Å². The number of phenolic OH excluding ortho intramolecular Hbond substituents is 1. The molecule has 3 rings (SSSR count). The van der Waals surface area contributed by atoms with Crippen molar-refractivity contribution >= 4 is 11.8 Å². The first-order chi connectivity index (χ1) is 12.1. The molecule has 0 saturated heterocycles. The van der Waals surface area contributed by atoms with Crippen LogP contribution in [-0.4, -0.2) is 24.0 Å². The molecule has 25 heavy (non-hydrogen) atoms. The molecule has 1 N–H and O–H groups in total. The van der Waals surface area contributed by atoms with Gasteiger partial charge in [0.25, 0.3) is 0 Å². The van der Waals surface area contributed by atoms with Gasteiger partial charge in [-0.3, -0.25) is 4.79 Å². The first-order valence-corrected chi connectivity index (χ1v) is 8.60. The molecule has 2 aromatic rings. The summed E-state index contributed by atoms with van der Waals surface area (Å²) in [4.78, 5) is 24.3. The van der Waals surface area contributed by atoms with Crippen LogP contribution in [0, 0.1) is 5.92 Å². The van der Waals surface area contributed by atoms with Gasteiger partial charge in [0.05, 0.1) is 18.2 Å². The molecule has 0 aromatic heterocycles. The zero-order valence-electron chi connectivity index (χ0n) is 14.3. The molecule has 0 heterocycles. The lowest BCUT2D eigenvalue weighted by Gasteiger charge is -2.15. The number of hydrogen-bond acceptors (Lipinski definition) is 4. The first kappa shape index (κ1) is 17.2. The minimum Gasteiger partial charge on any atom is -0.507 e. The van der Waals surface area contributed by atoms with Crippen LogP contribution in [0.5, 0.6) is 5.75 Å². The van der Waals surface area contributed by atoms with Gasteiger partial charge in [0, 0.05) is 6.42 Å². The molecule has 1 aliphatic rings. The Bertz CT molecular complexity index is 794. The number of aromatic hydroxyl groups is 1. The van der Waals surface area contributed by atoms with Gasteiger partial charge in [-0.15, -0.1) is 0 Å². The second-order valence-corrected chi connectivity index (χ2v) is 6.58. The van der Waals surface area contributed by atoms with E-state index in [1.165, 1.54) is 18.7 Å². The Kier molecular flexibility index (Phi) is 5.17. The van der Waals surface area contributed by atoms with E-state index in [1.807, 2.05) is 12.1 Å². The predicted octanol–water partition coefficient (Wildman–Crippen LogP) is 3.95. The monoisotopic (exact) mass is 338 g/mol. The van der Waals surface area contributed by atoms with E-state index in [9.17, 15) is 14.7 Å². The molecular formula is C21H22O4. The highest BCUT2D eigenvalue weighted by molar-refractivity contribution is 5.98. The molecule has 130 valence electrons. The molecule has 0 fully saturated rings. The molecule has 0 radical (unpaired) electrons. The van der Waals surface area contributed by atoms with Crippen molar-refractivity contribution in [1.82, 2.24) is 0 Å². The van der Waals surface area contributed by atoms with E-state index < -0.39 is 0 Å². The van der Waals surface area contributed by atoms with E-state index in [1.54, 1.807) is 24.3 Å². The van der Waals surface area contributed by atoms with Gasteiger partial charge < -0.3 is 9.84 Å². The van der Waals surface area contributed by atoms with Crippen LogP contribution in [0.15, 0.2) is 42.5 Å². The van der Waals surface area contributed by atoms with E-state index in [4.69, 9.17) is 4.74 Å². The van der Waals surface area contributed by atoms with Gasteiger partial charge in [-0.1, -0.05) is 18.2 Å². The van der Waals surface area contributed by atoms with Crippen molar-refractivity contribution in [3.63, 3.8) is 0 Å². The van der Waals surface area contributed by atoms with Crippen LogP contribution >= 0.6 is 0 Å². The summed E-state index contributed by atoms with van der Waals surface area (Å²) in [6.45, 7) is 0. The minimum absolute atomic E-state index is 0.0318. The molecule has 1 aliphatic carbocycles. The zero-order chi connectivity index (χ0) is 17.8. The lowest BCUT2D eigenvalue weighted by molar-refractivity contribution is 0.0600. The van der Waals surface area contributed by atoms with E-state index in [-0.39, 0.29) is 23.4 Å². The van der Waals surface area contributed by atoms with Crippen molar-refractivity contribution in [2.75, 3.05) is 7.11 Å². The number of phenols is 1. The molecule has 0 saturated carbocycles. The third-order valence-electron chi connectivity index (χ3n) is 4.87. The van der Waals surface area contributed by atoms with E-state index >= 15 is 0 Å². The highest BCUT2D eigenvalue weighted by Gasteiger charge is 2.22. The van der Waals surface area contributed by atoms with Crippen LogP contribution in [0.3, 0.4) is 0 Å². The van der Waals surface area contributed by atoms with Crippen LogP contribution in [-0.2, 0) is 17.6 Å². The molecule has 2 aromatic carbocycles. The Balaban J connectivity index is 1.78. The van der Waals surface area contributed by atoms with Gasteiger partial charge in [-0.25, -0.2) is 4.79 Å². The number of carbonyl (C=O) groups is 2. The van der Waals surface area contributed by atoms with Gasteiger partial charge in [-0.05, 0) is 67.0 Å². The van der Waals surface area contributed by atoms with Crippen molar-refractivity contribution < 1.29 is 19.4 Å². The summed E-state index contributed by atoms with van der Waals surface area (Å²) in [7, 11) is 1.38. The molecular weight excluding hydrogens is 316 g/mol. The molecule has 0 spiro atoms. The van der Waals surface area contributed by atoms with Gasteiger partial charge in [0.15, 0.2) is 5.78 Å². The number of fused-ring (bicyclic) bond motifs is 1. The van der Waals surface area contributed by atoms with Crippen LogP contribution in [0.25, 0.3) is 0 Å². The lowest BCUT2D eigenvalue weighted by atomic mass is 9.89. The second kappa shape index (κ2) is 7.51. The van der Waals surface area contributed by atoms with Crippen molar-refractivity contribution in [3.8, 4) is 5.75 Å². The molecule has 1 atom stereocenters. The van der Waals surface area contributed by atoms with Crippen LogP contribution < -0.4 is 0 Å². The van der Waals surface area contributed by atoms with Crippen molar-refractivity contribution in [3.05, 3.63) is 64.7 Å². The summed E-state index contributed by atoms with van der Waals surface area (Å²) in [6.07, 6.45) is 4.10. The maximum absolute atomic E-state index is 12.5. The maximum Gasteiger partial charge on any atom is 0.337 e. The third kappa shape index (κ3) is 3.90. The fraction of sp³-hybridized carbons (Fsp3) is 0.333. The summed E-state index contributed by atoms with van der Waals surface area (Å²) < 4.78 is 4.80. The van der Waals surface area contributed by atoms with Crippen LogP contribution in [0.1, 0.15) is 51.1 Å². The number of rotatable bonds is 4. The van der Waals surface area contributed by atoms with Crippen LogP contribution in [0.2, 0.25) is 0 Å². The topological polar surface area (TPSA) is 63.6 Å².